The van der Waals surface area contributed by atoms with Crippen LogP contribution in [0.1, 0.15) is 47.0 Å². The lowest BCUT2D eigenvalue weighted by molar-refractivity contribution is 0.137. The third-order valence-electron chi connectivity index (χ3n) is 5.81. The number of rotatable bonds is 15. The van der Waals surface area contributed by atoms with Gasteiger partial charge in [-0.2, -0.15) is 0 Å². The Labute approximate surface area is 222 Å². The summed E-state index contributed by atoms with van der Waals surface area (Å²) in [5.41, 5.74) is 0.261. The first kappa shape index (κ1) is 33.8. The normalized spacial score (nSPS) is 20.0. The maximum absolute atomic E-state index is 6.62. The van der Waals surface area contributed by atoms with Crippen LogP contribution in [0.4, 0.5) is 0 Å². The predicted octanol–water partition coefficient (Wildman–Crippen LogP) is 4.66. The van der Waals surface area contributed by atoms with Gasteiger partial charge in [-0.1, -0.05) is 0 Å². The van der Waals surface area contributed by atoms with Crippen LogP contribution in [-0.4, -0.2) is 81.4 Å². The van der Waals surface area contributed by atoms with Crippen molar-refractivity contribution in [1.29, 1.82) is 0 Å². The Bertz CT molecular complexity index is 644. The van der Waals surface area contributed by atoms with E-state index in [1.54, 1.807) is 14.2 Å². The third-order valence-corrected chi connectivity index (χ3v) is 23.3. The van der Waals surface area contributed by atoms with E-state index >= 15 is 0 Å². The molecule has 0 saturated carbocycles. The molecule has 1 rings (SSSR count). The zero-order chi connectivity index (χ0) is 27.3. The topological polar surface area (TPSA) is 79.4 Å². The van der Waals surface area contributed by atoms with Crippen molar-refractivity contribution in [3.05, 3.63) is 0 Å². The van der Waals surface area contributed by atoms with E-state index in [0.29, 0.717) is 6.04 Å². The minimum Gasteiger partial charge on any atom is -0.440 e. The Balaban J connectivity index is 2.71. The number of hydrogen-bond donors (Lipinski definition) is 2. The van der Waals surface area contributed by atoms with Crippen molar-refractivity contribution < 1.29 is 25.3 Å². The molecule has 0 spiro atoms. The van der Waals surface area contributed by atoms with Gasteiger partial charge in [-0.15, -0.1) is 0 Å². The summed E-state index contributed by atoms with van der Waals surface area (Å²) in [6.07, 6.45) is 3.15. The zero-order valence-electron chi connectivity index (χ0n) is 25.1. The van der Waals surface area contributed by atoms with Crippen molar-refractivity contribution >= 4 is 43.5 Å². The summed E-state index contributed by atoms with van der Waals surface area (Å²) < 4.78 is 37.8. The monoisotopic (exact) mass is 584 g/mol. The average Bonchev–Trinajstić information content (AvgIpc) is 2.58. The molecule has 8 nitrogen and oxygen atoms in total. The summed E-state index contributed by atoms with van der Waals surface area (Å²) in [5, 5.41) is 7.52. The minimum atomic E-state index is -2.87. The molecule has 0 aliphatic carbocycles. The van der Waals surface area contributed by atoms with Crippen LogP contribution in [-0.2, 0) is 25.3 Å². The molecule has 0 radical (unpaired) electrons. The molecule has 0 amide bonds. The first-order valence-electron chi connectivity index (χ1n) is 13.1. The van der Waals surface area contributed by atoms with E-state index in [9.17, 15) is 0 Å². The Morgan fingerprint density at radius 2 is 1.26 bits per heavy atom. The van der Waals surface area contributed by atoms with Gasteiger partial charge in [0.25, 0.3) is 0 Å². The van der Waals surface area contributed by atoms with Crippen molar-refractivity contribution in [3.8, 4) is 0 Å². The van der Waals surface area contributed by atoms with Crippen LogP contribution in [0.25, 0.3) is 0 Å². The molecule has 1 aliphatic heterocycles. The van der Waals surface area contributed by atoms with Gasteiger partial charge in [0.05, 0.1) is 0 Å². The van der Waals surface area contributed by atoms with Crippen molar-refractivity contribution in [2.24, 2.45) is 0 Å². The van der Waals surface area contributed by atoms with Crippen LogP contribution in [0.3, 0.4) is 0 Å². The van der Waals surface area contributed by atoms with E-state index in [1.165, 1.54) is 0 Å². The number of piperidine rings is 1. The molecular formula is C22H56N2O6Si5. The Hall–Kier alpha value is 0.764. The molecule has 1 saturated heterocycles. The van der Waals surface area contributed by atoms with E-state index in [2.05, 4.69) is 90.7 Å². The second-order valence-corrected chi connectivity index (χ2v) is 29.4. The Morgan fingerprint density at radius 1 is 0.800 bits per heavy atom. The smallest absolute Gasteiger partial charge is 0.440 e. The molecule has 0 aromatic rings. The second kappa shape index (κ2) is 12.7. The molecular weight excluding hydrogens is 529 g/mol. The van der Waals surface area contributed by atoms with E-state index in [1.807, 2.05) is 0 Å². The molecule has 13 heteroatoms. The van der Waals surface area contributed by atoms with Crippen LogP contribution in [0, 0.1) is 0 Å². The maximum Gasteiger partial charge on any atom is 0.491 e. The molecule has 2 N–H and O–H groups in total. The minimum absolute atomic E-state index is 0.131. The predicted molar refractivity (Wildman–Crippen MR) is 157 cm³/mol. The maximum atomic E-state index is 6.62. The first-order valence-corrected chi connectivity index (χ1v) is 26.2. The lowest BCUT2D eigenvalue weighted by atomic mass is 9.79. The van der Waals surface area contributed by atoms with Crippen molar-refractivity contribution in [1.82, 2.24) is 10.6 Å². The lowest BCUT2D eigenvalue weighted by Gasteiger charge is -2.47. The van der Waals surface area contributed by atoms with Gasteiger partial charge in [-0.25, -0.2) is 0 Å². The molecule has 210 valence electrons. The summed E-state index contributed by atoms with van der Waals surface area (Å²) in [6, 6.07) is 1.24. The molecule has 0 bridgehead atoms. The van der Waals surface area contributed by atoms with Crippen LogP contribution in [0.15, 0.2) is 0 Å². The molecule has 0 unspecified atom stereocenters. The number of nitrogens with one attached hydrogen (secondary N) is 2. The fourth-order valence-corrected chi connectivity index (χ4v) is 26.7. The van der Waals surface area contributed by atoms with Crippen LogP contribution in [0.2, 0.25) is 58.4 Å². The molecule has 0 atom stereocenters. The van der Waals surface area contributed by atoms with Crippen molar-refractivity contribution in [2.75, 3.05) is 20.8 Å². The zero-order valence-corrected chi connectivity index (χ0v) is 30.3. The number of hydrogen-bond acceptors (Lipinski definition) is 8. The summed E-state index contributed by atoms with van der Waals surface area (Å²) in [7, 11) is -7.95. The lowest BCUT2D eigenvalue weighted by Crippen LogP contribution is -2.61. The van der Waals surface area contributed by atoms with Gasteiger partial charge in [0, 0.05) is 37.4 Å². The van der Waals surface area contributed by atoms with Crippen LogP contribution >= 0.6 is 0 Å². The molecule has 0 aromatic heterocycles. The van der Waals surface area contributed by atoms with Gasteiger partial charge in [0.2, 0.25) is 0 Å². The third kappa shape index (κ3) is 12.9. The van der Waals surface area contributed by atoms with E-state index in [-0.39, 0.29) is 11.1 Å². The largest absolute Gasteiger partial charge is 0.491 e. The summed E-state index contributed by atoms with van der Waals surface area (Å²) in [4.78, 5) is 0. The van der Waals surface area contributed by atoms with Gasteiger partial charge in [0.1, 0.15) is 0 Å². The highest BCUT2D eigenvalue weighted by molar-refractivity contribution is 6.88. The second-order valence-electron chi connectivity index (χ2n) is 12.8. The molecule has 1 aliphatic rings. The summed E-state index contributed by atoms with van der Waals surface area (Å²) >= 11 is 0. The van der Waals surface area contributed by atoms with E-state index in [4.69, 9.17) is 25.3 Å². The van der Waals surface area contributed by atoms with Gasteiger partial charge >= 0.3 is 34.5 Å². The van der Waals surface area contributed by atoms with Gasteiger partial charge < -0.3 is 35.9 Å². The highest BCUT2D eigenvalue weighted by atomic mass is 28.5. The van der Waals surface area contributed by atoms with Gasteiger partial charge in [0.15, 0.2) is 9.04 Å². The highest BCUT2D eigenvalue weighted by Crippen LogP contribution is 2.29. The van der Waals surface area contributed by atoms with Gasteiger partial charge in [-0.05, 0) is 106 Å². The fraction of sp³-hybridized carbons (Fsp3) is 1.00. The molecule has 1 heterocycles. The summed E-state index contributed by atoms with van der Waals surface area (Å²) in [5.74, 6) is 0. The van der Waals surface area contributed by atoms with Crippen molar-refractivity contribution in [3.63, 3.8) is 0 Å². The molecule has 35 heavy (non-hydrogen) atoms. The van der Waals surface area contributed by atoms with E-state index < -0.39 is 43.5 Å². The molecule has 1 fully saturated rings. The molecule has 0 aromatic carbocycles. The first-order chi connectivity index (χ1) is 15.7. The van der Waals surface area contributed by atoms with Gasteiger partial charge in [-0.3, -0.25) is 0 Å². The Kier molecular flexibility index (Phi) is 12.3. The van der Waals surface area contributed by atoms with Crippen LogP contribution < -0.4 is 10.6 Å². The van der Waals surface area contributed by atoms with Crippen LogP contribution in [0.5, 0.6) is 0 Å². The average molecular weight is 585 g/mol. The van der Waals surface area contributed by atoms with Crippen molar-refractivity contribution in [2.45, 2.75) is 122 Å². The fourth-order valence-electron chi connectivity index (χ4n) is 5.69. The summed E-state index contributed by atoms with van der Waals surface area (Å²) in [6.45, 7) is 26.9. The van der Waals surface area contributed by atoms with E-state index in [0.717, 1.165) is 31.9 Å². The quantitative estimate of drug-likeness (QED) is 0.213. The SMILES string of the molecule is CO[Si](CCCNC1CC(C)(C)NC(C)(C)C1)(OC)O[Si](C)(C)O[Si](C)(C)O[Si](C)(C)O[SiH](C)C. The Morgan fingerprint density at radius 3 is 1.71 bits per heavy atom. The standard InChI is InChI=1S/C22H56N2O6Si5/c1-21(2)18-20(19-22(3,4)24-21)23-16-15-17-35(25-5,26-6)30-34(13,14)29-33(11,12)28-32(9,10)27-31(7)8/h20,23-24,31H,15-19H2,1-14H3. The highest BCUT2D eigenvalue weighted by Gasteiger charge is 2.49.